The van der Waals surface area contributed by atoms with Gasteiger partial charge in [0.1, 0.15) is 12.1 Å². The Hall–Kier alpha value is -3.81. The van der Waals surface area contributed by atoms with Crippen molar-refractivity contribution in [2.24, 2.45) is 0 Å². The van der Waals surface area contributed by atoms with Crippen LogP contribution in [0.15, 0.2) is 61.3 Å². The first-order valence-electron chi connectivity index (χ1n) is 7.45. The molecule has 0 aliphatic heterocycles. The highest BCUT2D eigenvalue weighted by atomic mass is 16.3. The fourth-order valence-corrected chi connectivity index (χ4v) is 2.44. The number of phenols is 1. The maximum Gasteiger partial charge on any atom is 0.190 e. The second-order valence-corrected chi connectivity index (χ2v) is 5.28. The highest BCUT2D eigenvalue weighted by Gasteiger charge is 2.16. The van der Waals surface area contributed by atoms with E-state index in [-0.39, 0.29) is 11.6 Å². The summed E-state index contributed by atoms with van der Waals surface area (Å²) >= 11 is 0. The van der Waals surface area contributed by atoms with Crippen LogP contribution in [0.25, 0.3) is 28.5 Å². The van der Waals surface area contributed by atoms with Gasteiger partial charge in [-0.1, -0.05) is 6.07 Å². The molecule has 0 aliphatic carbocycles. The molecule has 0 radical (unpaired) electrons. The van der Waals surface area contributed by atoms with Crippen LogP contribution in [-0.2, 0) is 0 Å². The Bertz CT molecular complexity index is 1030. The molecule has 0 spiro atoms. The fraction of sp³-hybridized carbons (Fsp3) is 0. The number of pyridine rings is 1. The molecule has 8 nitrogen and oxygen atoms in total. The van der Waals surface area contributed by atoms with Crippen LogP contribution in [-0.4, -0.2) is 34.8 Å². The Labute approximate surface area is 142 Å². The molecular formula is C17H13N7O. The molecule has 0 amide bonds. The average molecular weight is 331 g/mol. The lowest BCUT2D eigenvalue weighted by Gasteiger charge is -2.09. The van der Waals surface area contributed by atoms with E-state index in [4.69, 9.17) is 5.73 Å². The monoisotopic (exact) mass is 331 g/mol. The number of aromatic nitrogens is 6. The van der Waals surface area contributed by atoms with Crippen LogP contribution < -0.4 is 5.73 Å². The van der Waals surface area contributed by atoms with Crippen LogP contribution in [0.3, 0.4) is 0 Å². The number of anilines is 1. The van der Waals surface area contributed by atoms with Gasteiger partial charge in [0.05, 0.1) is 17.6 Å². The van der Waals surface area contributed by atoms with Crippen molar-refractivity contribution in [3.63, 3.8) is 0 Å². The first-order valence-corrected chi connectivity index (χ1v) is 7.45. The van der Waals surface area contributed by atoms with Gasteiger partial charge in [-0.3, -0.25) is 9.55 Å². The molecule has 4 aromatic rings. The van der Waals surface area contributed by atoms with E-state index >= 15 is 0 Å². The van der Waals surface area contributed by atoms with Gasteiger partial charge >= 0.3 is 0 Å². The second kappa shape index (κ2) is 6.00. The largest absolute Gasteiger partial charge is 0.508 e. The molecule has 0 unspecified atom stereocenters. The third-order valence-corrected chi connectivity index (χ3v) is 3.63. The van der Waals surface area contributed by atoms with Crippen LogP contribution in [0, 0.1) is 0 Å². The molecule has 3 N–H and O–H groups in total. The van der Waals surface area contributed by atoms with E-state index in [1.807, 2.05) is 18.2 Å². The molecule has 0 bridgehead atoms. The maximum atomic E-state index is 9.71. The zero-order chi connectivity index (χ0) is 17.2. The number of nitrogens with two attached hydrogens (primary N) is 1. The molecule has 0 aliphatic rings. The molecule has 25 heavy (non-hydrogen) atoms. The standard InChI is InChI=1S/C17H13N7O/c18-16-15(22-14(9-20-16)11-3-2-6-19-8-11)17-23-21-10-24(17)12-4-1-5-13(25)7-12/h1-10,25H,(H2,18,20). The van der Waals surface area contributed by atoms with E-state index < -0.39 is 0 Å². The number of rotatable bonds is 3. The quantitative estimate of drug-likeness (QED) is 0.590. The van der Waals surface area contributed by atoms with Crippen LogP contribution in [0.1, 0.15) is 0 Å². The zero-order valence-electron chi connectivity index (χ0n) is 13.0. The highest BCUT2D eigenvalue weighted by Crippen LogP contribution is 2.26. The van der Waals surface area contributed by atoms with Crippen molar-refractivity contribution in [3.8, 4) is 34.2 Å². The van der Waals surface area contributed by atoms with Crippen molar-refractivity contribution in [1.29, 1.82) is 0 Å². The average Bonchev–Trinajstić information content (AvgIpc) is 3.12. The van der Waals surface area contributed by atoms with E-state index in [0.29, 0.717) is 22.9 Å². The first kappa shape index (κ1) is 14.8. The Morgan fingerprint density at radius 1 is 1.08 bits per heavy atom. The van der Waals surface area contributed by atoms with Crippen LogP contribution >= 0.6 is 0 Å². The van der Waals surface area contributed by atoms with Gasteiger partial charge in [-0.05, 0) is 24.3 Å². The Kier molecular flexibility index (Phi) is 3.55. The van der Waals surface area contributed by atoms with Crippen molar-refractivity contribution in [2.75, 3.05) is 5.73 Å². The Morgan fingerprint density at radius 3 is 2.80 bits per heavy atom. The smallest absolute Gasteiger partial charge is 0.190 e. The Morgan fingerprint density at radius 2 is 2.00 bits per heavy atom. The molecule has 0 fully saturated rings. The van der Waals surface area contributed by atoms with Gasteiger partial charge in [-0.25, -0.2) is 9.97 Å². The molecular weight excluding hydrogens is 318 g/mol. The van der Waals surface area contributed by atoms with Gasteiger partial charge < -0.3 is 10.8 Å². The summed E-state index contributed by atoms with van der Waals surface area (Å²) in [4.78, 5) is 12.9. The predicted molar refractivity (Wildman–Crippen MR) is 91.7 cm³/mol. The zero-order valence-corrected chi connectivity index (χ0v) is 13.0. The number of hydrogen-bond donors (Lipinski definition) is 2. The molecule has 122 valence electrons. The summed E-state index contributed by atoms with van der Waals surface area (Å²) in [5.74, 6) is 0.809. The lowest BCUT2D eigenvalue weighted by Crippen LogP contribution is -2.04. The van der Waals surface area contributed by atoms with Crippen LogP contribution in [0.5, 0.6) is 5.75 Å². The fourth-order valence-electron chi connectivity index (χ4n) is 2.44. The normalized spacial score (nSPS) is 10.7. The van der Waals surface area contributed by atoms with E-state index in [2.05, 4.69) is 25.1 Å². The summed E-state index contributed by atoms with van der Waals surface area (Å²) in [6.45, 7) is 0. The van der Waals surface area contributed by atoms with E-state index in [0.717, 1.165) is 5.56 Å². The van der Waals surface area contributed by atoms with Crippen LogP contribution in [0.4, 0.5) is 5.82 Å². The van der Waals surface area contributed by atoms with Crippen LogP contribution in [0.2, 0.25) is 0 Å². The van der Waals surface area contributed by atoms with Crippen molar-refractivity contribution >= 4 is 5.82 Å². The molecule has 4 rings (SSSR count). The number of aromatic hydroxyl groups is 1. The molecule has 3 heterocycles. The highest BCUT2D eigenvalue weighted by molar-refractivity contribution is 5.69. The third-order valence-electron chi connectivity index (χ3n) is 3.63. The summed E-state index contributed by atoms with van der Waals surface area (Å²) in [5, 5.41) is 17.8. The minimum absolute atomic E-state index is 0.139. The van der Waals surface area contributed by atoms with E-state index in [9.17, 15) is 5.11 Å². The summed E-state index contributed by atoms with van der Waals surface area (Å²) in [5.41, 5.74) is 8.56. The number of phenolic OH excluding ortho intramolecular Hbond substituents is 1. The van der Waals surface area contributed by atoms with Gasteiger partial charge in [0.15, 0.2) is 17.3 Å². The Balaban J connectivity index is 1.85. The SMILES string of the molecule is Nc1ncc(-c2cccnc2)nc1-c1nncn1-c1cccc(O)c1. The molecule has 0 saturated carbocycles. The summed E-state index contributed by atoms with van der Waals surface area (Å²) < 4.78 is 1.69. The van der Waals surface area contributed by atoms with Gasteiger partial charge in [0.2, 0.25) is 0 Å². The van der Waals surface area contributed by atoms with Crippen molar-refractivity contribution < 1.29 is 5.11 Å². The number of benzene rings is 1. The van der Waals surface area contributed by atoms with Crippen molar-refractivity contribution in [1.82, 2.24) is 29.7 Å². The maximum absolute atomic E-state index is 9.71. The molecule has 8 heteroatoms. The molecule has 0 saturated heterocycles. The molecule has 3 aromatic heterocycles. The minimum atomic E-state index is 0.139. The number of nitrogens with zero attached hydrogens (tertiary/aromatic N) is 6. The number of hydrogen-bond acceptors (Lipinski definition) is 7. The topological polar surface area (TPSA) is 116 Å². The molecule has 0 atom stereocenters. The van der Waals surface area contributed by atoms with E-state index in [1.165, 1.54) is 6.33 Å². The summed E-state index contributed by atoms with van der Waals surface area (Å²) in [6, 6.07) is 10.4. The molecule has 1 aromatic carbocycles. The number of nitrogen functional groups attached to an aromatic ring is 1. The van der Waals surface area contributed by atoms with Gasteiger partial charge in [0.25, 0.3) is 0 Å². The predicted octanol–water partition coefficient (Wildman–Crippen LogP) is 2.07. The summed E-state index contributed by atoms with van der Waals surface area (Å²) in [6.07, 6.45) is 6.50. The second-order valence-electron chi connectivity index (χ2n) is 5.28. The van der Waals surface area contributed by atoms with Crippen molar-refractivity contribution in [2.45, 2.75) is 0 Å². The minimum Gasteiger partial charge on any atom is -0.508 e. The lowest BCUT2D eigenvalue weighted by atomic mass is 10.2. The van der Waals surface area contributed by atoms with Crippen molar-refractivity contribution in [3.05, 3.63) is 61.3 Å². The first-order chi connectivity index (χ1) is 12.2. The summed E-state index contributed by atoms with van der Waals surface area (Å²) in [7, 11) is 0. The van der Waals surface area contributed by atoms with Gasteiger partial charge in [-0.2, -0.15) is 0 Å². The van der Waals surface area contributed by atoms with Gasteiger partial charge in [-0.15, -0.1) is 10.2 Å². The lowest BCUT2D eigenvalue weighted by molar-refractivity contribution is 0.475. The third kappa shape index (κ3) is 2.76. The van der Waals surface area contributed by atoms with E-state index in [1.54, 1.807) is 41.4 Å². The van der Waals surface area contributed by atoms with Gasteiger partial charge in [0, 0.05) is 24.0 Å².